The first-order valence-electron chi connectivity index (χ1n) is 11.6. The van der Waals surface area contributed by atoms with Crippen LogP contribution in [0.2, 0.25) is 10.0 Å². The predicted octanol–water partition coefficient (Wildman–Crippen LogP) is 5.01. The summed E-state index contributed by atoms with van der Waals surface area (Å²) < 4.78 is 3.78. The second kappa shape index (κ2) is 8.89. The molecule has 0 saturated carbocycles. The first kappa shape index (κ1) is 23.0. The summed E-state index contributed by atoms with van der Waals surface area (Å²) in [6.07, 6.45) is 8.35. The monoisotopic (exact) mass is 520 g/mol. The highest BCUT2D eigenvalue weighted by Crippen LogP contribution is 2.38. The van der Waals surface area contributed by atoms with E-state index in [0.29, 0.717) is 39.2 Å². The lowest BCUT2D eigenvalue weighted by Gasteiger charge is -2.14. The van der Waals surface area contributed by atoms with E-state index in [-0.39, 0.29) is 18.6 Å². The number of hydrogen-bond acceptors (Lipinski definition) is 5. The number of aliphatic hydroxyl groups excluding tert-OH is 1. The van der Waals surface area contributed by atoms with Gasteiger partial charge >= 0.3 is 0 Å². The fraction of sp³-hybridized carbons (Fsp3) is 0.231. The van der Waals surface area contributed by atoms with Crippen molar-refractivity contribution in [2.75, 3.05) is 13.1 Å². The Labute approximate surface area is 216 Å². The Bertz CT molecular complexity index is 1620. The molecule has 0 aliphatic carbocycles. The Morgan fingerprint density at radius 2 is 1.97 bits per heavy atom. The Morgan fingerprint density at radius 1 is 1.17 bits per heavy atom. The molecule has 10 heteroatoms. The van der Waals surface area contributed by atoms with Crippen molar-refractivity contribution < 1.29 is 9.90 Å². The van der Waals surface area contributed by atoms with Gasteiger partial charge in [0.15, 0.2) is 0 Å². The molecule has 182 valence electrons. The topological polar surface area (TPSA) is 88.6 Å². The molecule has 1 saturated heterocycles. The normalized spacial score (nSPS) is 15.9. The molecule has 1 aliphatic rings. The predicted molar refractivity (Wildman–Crippen MR) is 139 cm³/mol. The number of aromatic nitrogens is 5. The minimum atomic E-state index is -0.234. The number of pyridine rings is 2. The number of imidazole rings is 1. The van der Waals surface area contributed by atoms with Crippen LogP contribution in [0.5, 0.6) is 0 Å². The molecular formula is C26H22Cl2N6O2. The molecule has 6 rings (SSSR count). The molecule has 8 nitrogen and oxygen atoms in total. The molecular weight excluding hydrogens is 499 g/mol. The summed E-state index contributed by atoms with van der Waals surface area (Å²) in [5.41, 5.74) is 4.97. The van der Waals surface area contributed by atoms with Crippen molar-refractivity contribution in [3.63, 3.8) is 0 Å². The molecule has 1 fully saturated rings. The number of hydrogen-bond donors (Lipinski definition) is 1. The quantitative estimate of drug-likeness (QED) is 0.360. The zero-order valence-electron chi connectivity index (χ0n) is 19.4. The molecule has 1 amide bonds. The summed E-state index contributed by atoms with van der Waals surface area (Å²) in [6.45, 7) is 2.78. The molecule has 1 atom stereocenters. The Kier molecular flexibility index (Phi) is 5.67. The highest BCUT2D eigenvalue weighted by Gasteiger charge is 2.26. The maximum Gasteiger partial charge on any atom is 0.219 e. The fourth-order valence-electron chi connectivity index (χ4n) is 4.91. The van der Waals surface area contributed by atoms with Crippen molar-refractivity contribution in [1.29, 1.82) is 0 Å². The van der Waals surface area contributed by atoms with Gasteiger partial charge in [0.25, 0.3) is 0 Å². The molecule has 0 radical (unpaired) electrons. The lowest BCUT2D eigenvalue weighted by molar-refractivity contribution is -0.127. The zero-order chi connectivity index (χ0) is 25.0. The molecule has 1 N–H and O–H groups in total. The summed E-state index contributed by atoms with van der Waals surface area (Å²) in [4.78, 5) is 23.1. The van der Waals surface area contributed by atoms with Gasteiger partial charge in [-0.15, -0.1) is 0 Å². The van der Waals surface area contributed by atoms with Gasteiger partial charge in [0.05, 0.1) is 45.8 Å². The van der Waals surface area contributed by atoms with Crippen LogP contribution in [0.3, 0.4) is 0 Å². The third kappa shape index (κ3) is 3.73. The highest BCUT2D eigenvalue weighted by molar-refractivity contribution is 6.39. The van der Waals surface area contributed by atoms with Gasteiger partial charge in [0, 0.05) is 60.7 Å². The molecule has 0 bridgehead atoms. The summed E-state index contributed by atoms with van der Waals surface area (Å²) in [7, 11) is 0. The molecule has 1 aliphatic heterocycles. The third-order valence-electron chi connectivity index (χ3n) is 6.82. The number of likely N-dealkylation sites (tertiary alicyclic amines) is 1. The number of halogens is 2. The van der Waals surface area contributed by atoms with Crippen LogP contribution in [0.15, 0.2) is 55.1 Å². The molecule has 36 heavy (non-hydrogen) atoms. The number of fused-ring (bicyclic) bond motifs is 3. The van der Waals surface area contributed by atoms with Crippen LogP contribution < -0.4 is 0 Å². The Balaban J connectivity index is 1.45. The van der Waals surface area contributed by atoms with Crippen molar-refractivity contribution in [2.45, 2.75) is 26.0 Å². The van der Waals surface area contributed by atoms with E-state index < -0.39 is 0 Å². The SMILES string of the molecule is CC(=O)N1CCC(n2cc(-c3cnc4ccn5c(CO)c(-c6c(Cl)cccc6Cl)nc5c4c3)cn2)C1. The van der Waals surface area contributed by atoms with Crippen LogP contribution in [0.4, 0.5) is 0 Å². The second-order valence-electron chi connectivity index (χ2n) is 8.94. The molecule has 0 spiro atoms. The maximum absolute atomic E-state index is 11.7. The van der Waals surface area contributed by atoms with Crippen molar-refractivity contribution in [3.8, 4) is 22.4 Å². The molecule has 5 aromatic rings. The molecule has 1 unspecified atom stereocenters. The van der Waals surface area contributed by atoms with Crippen molar-refractivity contribution in [3.05, 3.63) is 70.9 Å². The summed E-state index contributed by atoms with van der Waals surface area (Å²) >= 11 is 12.9. The second-order valence-corrected chi connectivity index (χ2v) is 9.76. The largest absolute Gasteiger partial charge is 0.390 e. The molecule has 1 aromatic carbocycles. The number of nitrogens with zero attached hydrogens (tertiary/aromatic N) is 6. The van der Waals surface area contributed by atoms with Gasteiger partial charge in [-0.2, -0.15) is 5.10 Å². The van der Waals surface area contributed by atoms with Gasteiger partial charge in [0.1, 0.15) is 5.65 Å². The van der Waals surface area contributed by atoms with Gasteiger partial charge < -0.3 is 14.4 Å². The van der Waals surface area contributed by atoms with Crippen LogP contribution in [0, 0.1) is 0 Å². The van der Waals surface area contributed by atoms with Gasteiger partial charge in [-0.25, -0.2) is 4.98 Å². The van der Waals surface area contributed by atoms with Crippen molar-refractivity contribution >= 4 is 45.7 Å². The Hall–Kier alpha value is -3.46. The first-order valence-corrected chi connectivity index (χ1v) is 12.3. The van der Waals surface area contributed by atoms with E-state index in [9.17, 15) is 9.90 Å². The lowest BCUT2D eigenvalue weighted by Crippen LogP contribution is -2.26. The molecule has 5 heterocycles. The number of amides is 1. The van der Waals surface area contributed by atoms with Crippen LogP contribution in [-0.4, -0.2) is 53.2 Å². The first-order chi connectivity index (χ1) is 17.4. The third-order valence-corrected chi connectivity index (χ3v) is 7.45. The van der Waals surface area contributed by atoms with Crippen LogP contribution in [-0.2, 0) is 11.4 Å². The van der Waals surface area contributed by atoms with E-state index in [1.807, 2.05) is 50.9 Å². The van der Waals surface area contributed by atoms with Crippen LogP contribution in [0.25, 0.3) is 38.9 Å². The average molecular weight is 521 g/mol. The zero-order valence-corrected chi connectivity index (χ0v) is 20.9. The number of carbonyl (C=O) groups excluding carboxylic acids is 1. The highest BCUT2D eigenvalue weighted by atomic mass is 35.5. The van der Waals surface area contributed by atoms with E-state index in [2.05, 4.69) is 10.1 Å². The van der Waals surface area contributed by atoms with Gasteiger partial charge in [0.2, 0.25) is 5.91 Å². The number of rotatable bonds is 4. The minimum absolute atomic E-state index is 0.0898. The van der Waals surface area contributed by atoms with E-state index in [1.165, 1.54) is 0 Å². The van der Waals surface area contributed by atoms with Gasteiger partial charge in [-0.3, -0.25) is 14.5 Å². The van der Waals surface area contributed by atoms with Gasteiger partial charge in [-0.1, -0.05) is 29.3 Å². The summed E-state index contributed by atoms with van der Waals surface area (Å²) in [6, 6.07) is 9.36. The summed E-state index contributed by atoms with van der Waals surface area (Å²) in [5, 5.41) is 16.5. The minimum Gasteiger partial charge on any atom is -0.390 e. The van der Waals surface area contributed by atoms with Crippen molar-refractivity contribution in [2.24, 2.45) is 0 Å². The number of benzene rings is 1. The van der Waals surface area contributed by atoms with E-state index in [0.717, 1.165) is 35.0 Å². The van der Waals surface area contributed by atoms with Crippen LogP contribution in [0.1, 0.15) is 25.1 Å². The number of aliphatic hydroxyl groups is 1. The van der Waals surface area contributed by atoms with E-state index in [4.69, 9.17) is 28.2 Å². The lowest BCUT2D eigenvalue weighted by atomic mass is 10.1. The van der Waals surface area contributed by atoms with Crippen molar-refractivity contribution in [1.82, 2.24) is 29.0 Å². The summed E-state index contributed by atoms with van der Waals surface area (Å²) in [5.74, 6) is 0.0898. The number of carbonyl (C=O) groups is 1. The standard InChI is InChI=1S/C26H22Cl2N6O2/c1-15(36)32-7-5-18(13-32)34-12-17(11-30-34)16-9-19-22(29-10-16)6-8-33-23(14-35)25(31-26(19)33)24-20(27)3-2-4-21(24)28/h2-4,6,8-12,18,35H,5,7,13-14H2,1H3. The average Bonchev–Trinajstić information content (AvgIpc) is 3.61. The van der Waals surface area contributed by atoms with Crippen LogP contribution >= 0.6 is 23.2 Å². The fourth-order valence-corrected chi connectivity index (χ4v) is 5.49. The molecule has 4 aromatic heterocycles. The smallest absolute Gasteiger partial charge is 0.219 e. The maximum atomic E-state index is 11.7. The van der Waals surface area contributed by atoms with E-state index in [1.54, 1.807) is 25.1 Å². The van der Waals surface area contributed by atoms with E-state index >= 15 is 0 Å². The van der Waals surface area contributed by atoms with Gasteiger partial charge in [-0.05, 0) is 30.7 Å². The Morgan fingerprint density at radius 3 is 2.69 bits per heavy atom.